The van der Waals surface area contributed by atoms with Crippen molar-refractivity contribution in [2.75, 3.05) is 29.9 Å². The van der Waals surface area contributed by atoms with Gasteiger partial charge in [-0.15, -0.1) is 0 Å². The van der Waals surface area contributed by atoms with Gasteiger partial charge in [-0.3, -0.25) is 10.1 Å². The number of ether oxygens (including phenoxy) is 1. The maximum atomic E-state index is 12.5. The molecular formula is C24H30Cl2N4O4. The summed E-state index contributed by atoms with van der Waals surface area (Å²) in [6.07, 6.45) is -0.335. The van der Waals surface area contributed by atoms with E-state index >= 15 is 0 Å². The van der Waals surface area contributed by atoms with E-state index in [9.17, 15) is 14.9 Å². The molecule has 1 heterocycles. The van der Waals surface area contributed by atoms with E-state index in [0.29, 0.717) is 35.4 Å². The Morgan fingerprint density at radius 3 is 2.50 bits per heavy atom. The largest absolute Gasteiger partial charge is 0.444 e. The van der Waals surface area contributed by atoms with Gasteiger partial charge in [-0.25, -0.2) is 4.79 Å². The number of nitro groups is 1. The normalized spacial score (nSPS) is 17.3. The number of amides is 1. The number of carbonyl (C=O) groups is 1. The number of benzene rings is 2. The summed E-state index contributed by atoms with van der Waals surface area (Å²) in [6, 6.07) is 9.90. The molecule has 0 bridgehead atoms. The molecule has 1 N–H and O–H groups in total. The molecule has 0 aromatic heterocycles. The van der Waals surface area contributed by atoms with Crippen LogP contribution in [0.5, 0.6) is 0 Å². The monoisotopic (exact) mass is 508 g/mol. The summed E-state index contributed by atoms with van der Waals surface area (Å²) in [4.78, 5) is 27.6. The molecular weight excluding hydrogens is 479 g/mol. The Hall–Kier alpha value is -2.71. The van der Waals surface area contributed by atoms with Crippen molar-refractivity contribution in [1.82, 2.24) is 4.90 Å². The number of piperazine rings is 1. The van der Waals surface area contributed by atoms with Gasteiger partial charge in [0.25, 0.3) is 5.69 Å². The van der Waals surface area contributed by atoms with Crippen LogP contribution in [0.2, 0.25) is 10.0 Å². The maximum Gasteiger partial charge on any atom is 0.410 e. The number of hydrogen-bond donors (Lipinski definition) is 1. The third-order valence-electron chi connectivity index (χ3n) is 5.59. The molecule has 1 amide bonds. The molecule has 1 saturated heterocycles. The van der Waals surface area contributed by atoms with Crippen molar-refractivity contribution in [3.05, 3.63) is 62.1 Å². The minimum absolute atomic E-state index is 0.00120. The predicted molar refractivity (Wildman–Crippen MR) is 136 cm³/mol. The Balaban J connectivity index is 1.81. The zero-order valence-corrected chi connectivity index (χ0v) is 21.5. The molecule has 184 valence electrons. The third kappa shape index (κ3) is 6.24. The molecule has 8 nitrogen and oxygen atoms in total. The fourth-order valence-corrected chi connectivity index (χ4v) is 4.55. The van der Waals surface area contributed by atoms with Crippen LogP contribution in [0.1, 0.15) is 46.2 Å². The number of nitro benzene ring substituents is 1. The van der Waals surface area contributed by atoms with E-state index in [1.165, 1.54) is 6.07 Å². The van der Waals surface area contributed by atoms with Crippen LogP contribution in [0.3, 0.4) is 0 Å². The number of carbonyl (C=O) groups excluding carboxylic acids is 1. The van der Waals surface area contributed by atoms with Crippen LogP contribution in [0, 0.1) is 10.1 Å². The summed E-state index contributed by atoms with van der Waals surface area (Å²) < 4.78 is 5.49. The van der Waals surface area contributed by atoms with Crippen LogP contribution in [0.15, 0.2) is 36.4 Å². The zero-order valence-electron chi connectivity index (χ0n) is 20.0. The summed E-state index contributed by atoms with van der Waals surface area (Å²) in [5.41, 5.74) is 1.42. The number of halogens is 2. The standard InChI is InChI=1S/C24H30Cl2N4O4/c1-15-14-28(23(31)34-24(3,4)5)10-11-29(15)18-7-9-22(30(32)33)21(13-18)27-16(2)19-8-6-17(25)12-20(19)26/h6-9,12-13,15-16,27H,10-11,14H2,1-5H3/t15-,16-/m1/s1. The Bertz CT molecular complexity index is 1070. The van der Waals surface area contributed by atoms with Gasteiger partial charge in [0, 0.05) is 47.5 Å². The molecule has 2 aromatic carbocycles. The van der Waals surface area contributed by atoms with E-state index < -0.39 is 10.5 Å². The van der Waals surface area contributed by atoms with Crippen LogP contribution >= 0.6 is 23.2 Å². The van der Waals surface area contributed by atoms with Crippen LogP contribution in [0.25, 0.3) is 0 Å². The van der Waals surface area contributed by atoms with Crippen LogP contribution in [-0.4, -0.2) is 47.2 Å². The molecule has 1 aliphatic rings. The van der Waals surface area contributed by atoms with Gasteiger partial charge >= 0.3 is 6.09 Å². The molecule has 1 fully saturated rings. The molecule has 2 aromatic rings. The van der Waals surface area contributed by atoms with Gasteiger partial charge in [0.05, 0.1) is 11.0 Å². The molecule has 34 heavy (non-hydrogen) atoms. The fourth-order valence-electron chi connectivity index (χ4n) is 3.97. The molecule has 0 spiro atoms. The van der Waals surface area contributed by atoms with Crippen LogP contribution in [0.4, 0.5) is 21.9 Å². The Morgan fingerprint density at radius 1 is 1.21 bits per heavy atom. The van der Waals surface area contributed by atoms with Crippen molar-refractivity contribution < 1.29 is 14.5 Å². The average molecular weight is 509 g/mol. The van der Waals surface area contributed by atoms with Crippen molar-refractivity contribution in [1.29, 1.82) is 0 Å². The molecule has 0 radical (unpaired) electrons. The number of nitrogens with one attached hydrogen (secondary N) is 1. The van der Waals surface area contributed by atoms with Gasteiger partial charge in [0.2, 0.25) is 0 Å². The molecule has 1 aliphatic heterocycles. The van der Waals surface area contributed by atoms with E-state index in [0.717, 1.165) is 11.3 Å². The Labute approximate surface area is 209 Å². The second kappa shape index (κ2) is 10.3. The van der Waals surface area contributed by atoms with Crippen molar-refractivity contribution in [2.24, 2.45) is 0 Å². The first-order chi connectivity index (χ1) is 15.9. The highest BCUT2D eigenvalue weighted by Crippen LogP contribution is 2.35. The second-order valence-electron chi connectivity index (χ2n) is 9.46. The number of nitrogens with zero attached hydrogens (tertiary/aromatic N) is 3. The van der Waals surface area contributed by atoms with Gasteiger partial charge in [-0.05, 0) is 64.4 Å². The smallest absolute Gasteiger partial charge is 0.410 e. The van der Waals surface area contributed by atoms with Crippen molar-refractivity contribution in [2.45, 2.75) is 52.3 Å². The molecule has 2 atom stereocenters. The average Bonchev–Trinajstić information content (AvgIpc) is 2.72. The lowest BCUT2D eigenvalue weighted by Gasteiger charge is -2.41. The SMILES string of the molecule is C[C@@H]1CN(C(=O)OC(C)(C)C)CCN1c1ccc([N+](=O)[O-])c(N[C@H](C)c2ccc(Cl)cc2Cl)c1. The first-order valence-corrected chi connectivity index (χ1v) is 11.9. The lowest BCUT2D eigenvalue weighted by molar-refractivity contribution is -0.384. The minimum atomic E-state index is -0.555. The molecule has 0 aliphatic carbocycles. The maximum absolute atomic E-state index is 12.5. The summed E-state index contributed by atoms with van der Waals surface area (Å²) in [5.74, 6) is 0. The quantitative estimate of drug-likeness (QED) is 0.365. The first kappa shape index (κ1) is 25.9. The molecule has 3 rings (SSSR count). The number of anilines is 2. The molecule has 10 heteroatoms. The van der Waals surface area contributed by atoms with Gasteiger partial charge < -0.3 is 19.9 Å². The number of hydrogen-bond acceptors (Lipinski definition) is 6. The van der Waals surface area contributed by atoms with E-state index in [-0.39, 0.29) is 23.9 Å². The van der Waals surface area contributed by atoms with Crippen LogP contribution in [-0.2, 0) is 4.74 Å². The predicted octanol–water partition coefficient (Wildman–Crippen LogP) is 6.52. The van der Waals surface area contributed by atoms with Gasteiger partial charge in [-0.1, -0.05) is 29.3 Å². The number of rotatable bonds is 5. The van der Waals surface area contributed by atoms with Crippen molar-refractivity contribution in [3.8, 4) is 0 Å². The highest BCUT2D eigenvalue weighted by Gasteiger charge is 2.31. The highest BCUT2D eigenvalue weighted by molar-refractivity contribution is 6.35. The summed E-state index contributed by atoms with van der Waals surface area (Å²) in [7, 11) is 0. The lowest BCUT2D eigenvalue weighted by atomic mass is 10.1. The first-order valence-electron chi connectivity index (χ1n) is 11.1. The van der Waals surface area contributed by atoms with Crippen molar-refractivity contribution >= 4 is 46.4 Å². The zero-order chi connectivity index (χ0) is 25.2. The van der Waals surface area contributed by atoms with E-state index in [1.807, 2.05) is 34.6 Å². The Morgan fingerprint density at radius 2 is 1.91 bits per heavy atom. The minimum Gasteiger partial charge on any atom is -0.444 e. The Kier molecular flexibility index (Phi) is 7.83. The lowest BCUT2D eigenvalue weighted by Crippen LogP contribution is -2.54. The van der Waals surface area contributed by atoms with E-state index in [4.69, 9.17) is 27.9 Å². The third-order valence-corrected chi connectivity index (χ3v) is 6.15. The van der Waals surface area contributed by atoms with Gasteiger partial charge in [0.15, 0.2) is 0 Å². The summed E-state index contributed by atoms with van der Waals surface area (Å²) >= 11 is 12.3. The second-order valence-corrected chi connectivity index (χ2v) is 10.3. The van der Waals surface area contributed by atoms with Crippen molar-refractivity contribution in [3.63, 3.8) is 0 Å². The summed E-state index contributed by atoms with van der Waals surface area (Å²) in [5, 5.41) is 15.9. The molecule has 0 unspecified atom stereocenters. The van der Waals surface area contributed by atoms with Gasteiger partial charge in [-0.2, -0.15) is 0 Å². The fraction of sp³-hybridized carbons (Fsp3) is 0.458. The summed E-state index contributed by atoms with van der Waals surface area (Å²) in [6.45, 7) is 11.0. The van der Waals surface area contributed by atoms with E-state index in [2.05, 4.69) is 10.2 Å². The van der Waals surface area contributed by atoms with Crippen LogP contribution < -0.4 is 10.2 Å². The highest BCUT2D eigenvalue weighted by atomic mass is 35.5. The molecule has 0 saturated carbocycles. The van der Waals surface area contributed by atoms with Gasteiger partial charge in [0.1, 0.15) is 11.3 Å². The van der Waals surface area contributed by atoms with E-state index in [1.54, 1.807) is 35.2 Å². The topological polar surface area (TPSA) is 88.0 Å².